The summed E-state index contributed by atoms with van der Waals surface area (Å²) in [6.07, 6.45) is 9.44. The van der Waals surface area contributed by atoms with Crippen LogP contribution in [0.3, 0.4) is 0 Å². The highest BCUT2D eigenvalue weighted by Crippen LogP contribution is 2.08. The second-order valence-electron chi connectivity index (χ2n) is 4.17. The van der Waals surface area contributed by atoms with Gasteiger partial charge in [0.15, 0.2) is 0 Å². The van der Waals surface area contributed by atoms with Crippen molar-refractivity contribution in [3.05, 3.63) is 6.92 Å². The standard InChI is InChI=1S/C13H27O2/c1-3-4-5-7-10-13(2)15-12-9-6-8-11-14/h13-14H,1,3-12H2,2H3/q+1. The lowest BCUT2D eigenvalue weighted by Crippen LogP contribution is -2.09. The van der Waals surface area contributed by atoms with Gasteiger partial charge in [-0.15, -0.1) is 0 Å². The van der Waals surface area contributed by atoms with Gasteiger partial charge in [0.05, 0.1) is 19.4 Å². The molecule has 0 aromatic rings. The van der Waals surface area contributed by atoms with E-state index in [4.69, 9.17) is 9.84 Å². The molecule has 0 saturated carbocycles. The molecule has 0 aliphatic heterocycles. The van der Waals surface area contributed by atoms with Crippen LogP contribution in [0.25, 0.3) is 0 Å². The van der Waals surface area contributed by atoms with Gasteiger partial charge in [0, 0.05) is 13.2 Å². The van der Waals surface area contributed by atoms with Crippen molar-refractivity contribution in [2.75, 3.05) is 13.2 Å². The van der Waals surface area contributed by atoms with Crippen molar-refractivity contribution in [1.29, 1.82) is 0 Å². The maximum atomic E-state index is 8.60. The van der Waals surface area contributed by atoms with Crippen molar-refractivity contribution < 1.29 is 9.84 Å². The number of aliphatic hydroxyl groups is 1. The Kier molecular flexibility index (Phi) is 11.7. The Morgan fingerprint density at radius 3 is 2.47 bits per heavy atom. The summed E-state index contributed by atoms with van der Waals surface area (Å²) < 4.78 is 5.67. The maximum absolute atomic E-state index is 8.60. The molecule has 0 saturated heterocycles. The normalized spacial score (nSPS) is 12.9. The van der Waals surface area contributed by atoms with Crippen LogP contribution in [-0.4, -0.2) is 24.4 Å². The van der Waals surface area contributed by atoms with Crippen molar-refractivity contribution in [3.8, 4) is 0 Å². The molecule has 0 aliphatic rings. The molecule has 2 nitrogen and oxygen atoms in total. The molecule has 0 rings (SSSR count). The third kappa shape index (κ3) is 11.7. The van der Waals surface area contributed by atoms with Gasteiger partial charge in [0.1, 0.15) is 0 Å². The average Bonchev–Trinajstić information content (AvgIpc) is 2.24. The minimum absolute atomic E-state index is 0.306. The summed E-state index contributed by atoms with van der Waals surface area (Å²) in [7, 11) is 0. The topological polar surface area (TPSA) is 29.5 Å². The molecule has 0 aromatic heterocycles. The zero-order chi connectivity index (χ0) is 11.4. The molecule has 0 aromatic carbocycles. The minimum atomic E-state index is 0.306. The van der Waals surface area contributed by atoms with Gasteiger partial charge in [0.2, 0.25) is 0 Å². The van der Waals surface area contributed by atoms with Gasteiger partial charge in [-0.05, 0) is 45.4 Å². The van der Waals surface area contributed by atoms with Crippen molar-refractivity contribution in [2.24, 2.45) is 0 Å². The fourth-order valence-corrected chi connectivity index (χ4v) is 1.54. The van der Waals surface area contributed by atoms with Crippen molar-refractivity contribution >= 4 is 0 Å². The van der Waals surface area contributed by atoms with Crippen LogP contribution in [0.5, 0.6) is 0 Å². The van der Waals surface area contributed by atoms with Crippen LogP contribution in [0.15, 0.2) is 0 Å². The van der Waals surface area contributed by atoms with E-state index in [0.717, 1.165) is 32.3 Å². The van der Waals surface area contributed by atoms with E-state index in [1.54, 1.807) is 0 Å². The highest BCUT2D eigenvalue weighted by atomic mass is 16.5. The zero-order valence-corrected chi connectivity index (χ0v) is 10.2. The highest BCUT2D eigenvalue weighted by molar-refractivity contribution is 4.52. The van der Waals surface area contributed by atoms with E-state index < -0.39 is 0 Å². The third-order valence-corrected chi connectivity index (χ3v) is 2.57. The van der Waals surface area contributed by atoms with Crippen LogP contribution in [0.4, 0.5) is 0 Å². The first kappa shape index (κ1) is 14.8. The Morgan fingerprint density at radius 2 is 1.80 bits per heavy atom. The number of aliphatic hydroxyl groups excluding tert-OH is 1. The Morgan fingerprint density at radius 1 is 1.07 bits per heavy atom. The molecule has 15 heavy (non-hydrogen) atoms. The van der Waals surface area contributed by atoms with E-state index in [9.17, 15) is 0 Å². The first-order valence-corrected chi connectivity index (χ1v) is 6.33. The fourth-order valence-electron chi connectivity index (χ4n) is 1.54. The van der Waals surface area contributed by atoms with Gasteiger partial charge in [-0.25, -0.2) is 0 Å². The molecule has 2 heteroatoms. The predicted octanol–water partition coefficient (Wildman–Crippen LogP) is 3.34. The van der Waals surface area contributed by atoms with E-state index >= 15 is 0 Å². The van der Waals surface area contributed by atoms with E-state index in [1.165, 1.54) is 25.7 Å². The lowest BCUT2D eigenvalue weighted by Gasteiger charge is -2.12. The monoisotopic (exact) mass is 215 g/mol. The van der Waals surface area contributed by atoms with Gasteiger partial charge >= 0.3 is 0 Å². The van der Waals surface area contributed by atoms with E-state index in [-0.39, 0.29) is 0 Å². The lowest BCUT2D eigenvalue weighted by atomic mass is 10.1. The Balaban J connectivity index is 3.08. The SMILES string of the molecule is [CH2+]CCCCCC(C)OCCCCCO. The number of ether oxygens (including phenoxy) is 1. The summed E-state index contributed by atoms with van der Waals surface area (Å²) in [6, 6.07) is 0. The number of unbranched alkanes of at least 4 members (excludes halogenated alkanes) is 5. The van der Waals surface area contributed by atoms with Crippen molar-refractivity contribution in [1.82, 2.24) is 0 Å². The second kappa shape index (κ2) is 11.9. The Bertz CT molecular complexity index is 115. The zero-order valence-electron chi connectivity index (χ0n) is 10.2. The number of hydrogen-bond donors (Lipinski definition) is 1. The van der Waals surface area contributed by atoms with Crippen LogP contribution in [0, 0.1) is 6.92 Å². The van der Waals surface area contributed by atoms with Crippen LogP contribution in [0.2, 0.25) is 0 Å². The fraction of sp³-hybridized carbons (Fsp3) is 0.923. The second-order valence-corrected chi connectivity index (χ2v) is 4.17. The van der Waals surface area contributed by atoms with Crippen LogP contribution < -0.4 is 0 Å². The molecule has 0 aliphatic carbocycles. The van der Waals surface area contributed by atoms with Crippen molar-refractivity contribution in [3.63, 3.8) is 0 Å². The molecular formula is C13H27O2+. The largest absolute Gasteiger partial charge is 0.396 e. The predicted molar refractivity (Wildman–Crippen MR) is 64.8 cm³/mol. The van der Waals surface area contributed by atoms with Crippen LogP contribution in [-0.2, 0) is 4.74 Å². The third-order valence-electron chi connectivity index (χ3n) is 2.57. The molecule has 0 amide bonds. The molecule has 0 spiro atoms. The highest BCUT2D eigenvalue weighted by Gasteiger charge is 2.01. The molecule has 0 fully saturated rings. The maximum Gasteiger partial charge on any atom is 0.0850 e. The molecule has 1 unspecified atom stereocenters. The molecule has 0 bridgehead atoms. The number of hydrogen-bond acceptors (Lipinski definition) is 2. The first-order chi connectivity index (χ1) is 7.31. The quantitative estimate of drug-likeness (QED) is 0.423. The van der Waals surface area contributed by atoms with Gasteiger partial charge in [-0.3, -0.25) is 0 Å². The summed E-state index contributed by atoms with van der Waals surface area (Å²) >= 11 is 0. The van der Waals surface area contributed by atoms with Gasteiger partial charge in [-0.1, -0.05) is 6.42 Å². The van der Waals surface area contributed by atoms with Crippen LogP contribution >= 0.6 is 0 Å². The van der Waals surface area contributed by atoms with Gasteiger partial charge in [-0.2, -0.15) is 0 Å². The lowest BCUT2D eigenvalue weighted by molar-refractivity contribution is 0.0552. The Labute approximate surface area is 95.0 Å². The molecule has 0 heterocycles. The smallest absolute Gasteiger partial charge is 0.0850 e. The van der Waals surface area contributed by atoms with E-state index in [1.807, 2.05) is 0 Å². The summed E-state index contributed by atoms with van der Waals surface area (Å²) in [4.78, 5) is 0. The summed E-state index contributed by atoms with van der Waals surface area (Å²) in [5, 5.41) is 8.60. The summed E-state index contributed by atoms with van der Waals surface area (Å²) in [5.41, 5.74) is 0. The average molecular weight is 215 g/mol. The van der Waals surface area contributed by atoms with Crippen molar-refractivity contribution in [2.45, 2.75) is 64.4 Å². The molecule has 90 valence electrons. The molecular weight excluding hydrogens is 188 g/mol. The summed E-state index contributed by atoms with van der Waals surface area (Å²) in [5.74, 6) is 0. The summed E-state index contributed by atoms with van der Waals surface area (Å²) in [6.45, 7) is 7.13. The number of rotatable bonds is 11. The van der Waals surface area contributed by atoms with Gasteiger partial charge in [0.25, 0.3) is 0 Å². The molecule has 0 radical (unpaired) electrons. The molecule has 1 N–H and O–H groups in total. The van der Waals surface area contributed by atoms with E-state index in [2.05, 4.69) is 13.8 Å². The van der Waals surface area contributed by atoms with E-state index in [0.29, 0.717) is 12.7 Å². The Hall–Kier alpha value is -0.210. The molecule has 1 atom stereocenters. The first-order valence-electron chi connectivity index (χ1n) is 6.33. The van der Waals surface area contributed by atoms with Gasteiger partial charge < -0.3 is 9.84 Å². The minimum Gasteiger partial charge on any atom is -0.396 e. The van der Waals surface area contributed by atoms with Crippen LogP contribution in [0.1, 0.15) is 58.3 Å².